The first-order valence-corrected chi connectivity index (χ1v) is 6.32. The molecule has 0 saturated heterocycles. The van der Waals surface area contributed by atoms with Gasteiger partial charge in [0.2, 0.25) is 0 Å². The fourth-order valence-electron chi connectivity index (χ4n) is 2.08. The maximum Gasteiger partial charge on any atom is 0.259 e. The number of halogens is 1. The predicted octanol–water partition coefficient (Wildman–Crippen LogP) is 2.99. The Hall–Kier alpha value is -1.43. The minimum atomic E-state index is -0.0694. The molecule has 4 heteroatoms. The Morgan fingerprint density at radius 3 is 2.82 bits per heavy atom. The van der Waals surface area contributed by atoms with E-state index in [0.29, 0.717) is 11.2 Å². The number of nitrogens with zero attached hydrogens (tertiary/aromatic N) is 1. The molecule has 0 aliphatic carbocycles. The highest BCUT2D eigenvalue weighted by molar-refractivity contribution is 14.1. The summed E-state index contributed by atoms with van der Waals surface area (Å²) in [5, 5.41) is 2.73. The van der Waals surface area contributed by atoms with Crippen LogP contribution in [0.25, 0.3) is 21.7 Å². The summed E-state index contributed by atoms with van der Waals surface area (Å²) in [7, 11) is 0. The van der Waals surface area contributed by atoms with Crippen molar-refractivity contribution in [2.75, 3.05) is 0 Å². The standard InChI is InChI=1S/C13H9IN2O/c1-7-15-11-6-5-8-9(3-2-4-10(8)14)12(11)13(17)16-7/h2-6H,1H3,(H,15,16,17). The molecule has 3 aromatic rings. The molecule has 0 fully saturated rings. The lowest BCUT2D eigenvalue weighted by atomic mass is 10.1. The number of hydrogen-bond acceptors (Lipinski definition) is 2. The molecule has 0 radical (unpaired) electrons. The largest absolute Gasteiger partial charge is 0.310 e. The lowest BCUT2D eigenvalue weighted by molar-refractivity contribution is 1.06. The minimum absolute atomic E-state index is 0.0694. The summed E-state index contributed by atoms with van der Waals surface area (Å²) in [4.78, 5) is 19.1. The summed E-state index contributed by atoms with van der Waals surface area (Å²) in [6.07, 6.45) is 0. The fraction of sp³-hybridized carbons (Fsp3) is 0.0769. The van der Waals surface area contributed by atoms with Crippen LogP contribution in [-0.2, 0) is 0 Å². The van der Waals surface area contributed by atoms with E-state index in [2.05, 4.69) is 32.6 Å². The summed E-state index contributed by atoms with van der Waals surface area (Å²) in [5.74, 6) is 0.646. The van der Waals surface area contributed by atoms with Crippen LogP contribution >= 0.6 is 22.6 Å². The molecule has 0 saturated carbocycles. The topological polar surface area (TPSA) is 45.8 Å². The van der Waals surface area contributed by atoms with E-state index in [9.17, 15) is 4.79 Å². The lowest BCUT2D eigenvalue weighted by Crippen LogP contribution is -2.10. The van der Waals surface area contributed by atoms with Gasteiger partial charge in [-0.3, -0.25) is 4.79 Å². The molecule has 84 valence electrons. The van der Waals surface area contributed by atoms with Crippen LogP contribution in [0, 0.1) is 10.5 Å². The molecule has 0 unspecified atom stereocenters. The first kappa shape index (κ1) is 10.7. The smallest absolute Gasteiger partial charge is 0.259 e. The van der Waals surface area contributed by atoms with Crippen LogP contribution in [0.4, 0.5) is 0 Å². The van der Waals surface area contributed by atoms with Gasteiger partial charge in [-0.15, -0.1) is 0 Å². The molecule has 1 aromatic heterocycles. The fourth-order valence-corrected chi connectivity index (χ4v) is 2.75. The van der Waals surface area contributed by atoms with E-state index in [1.54, 1.807) is 6.92 Å². The zero-order chi connectivity index (χ0) is 12.0. The second-order valence-corrected chi connectivity index (χ2v) is 5.11. The number of benzene rings is 2. The number of fused-ring (bicyclic) bond motifs is 3. The Morgan fingerprint density at radius 1 is 1.18 bits per heavy atom. The monoisotopic (exact) mass is 336 g/mol. The van der Waals surface area contributed by atoms with Crippen LogP contribution in [0.1, 0.15) is 5.82 Å². The van der Waals surface area contributed by atoms with E-state index in [4.69, 9.17) is 0 Å². The third-order valence-corrected chi connectivity index (χ3v) is 3.74. The molecule has 1 N–H and O–H groups in total. The van der Waals surface area contributed by atoms with Gasteiger partial charge in [0, 0.05) is 3.57 Å². The number of rotatable bonds is 0. The van der Waals surface area contributed by atoms with Crippen molar-refractivity contribution in [2.24, 2.45) is 0 Å². The Balaban J connectivity index is 2.65. The minimum Gasteiger partial charge on any atom is -0.310 e. The highest BCUT2D eigenvalue weighted by atomic mass is 127. The van der Waals surface area contributed by atoms with Crippen molar-refractivity contribution in [1.29, 1.82) is 0 Å². The zero-order valence-corrected chi connectivity index (χ0v) is 11.3. The number of nitrogens with one attached hydrogen (secondary N) is 1. The zero-order valence-electron chi connectivity index (χ0n) is 9.12. The molecular formula is C13H9IN2O. The number of H-pyrrole nitrogens is 1. The van der Waals surface area contributed by atoms with Gasteiger partial charge in [0.15, 0.2) is 0 Å². The highest BCUT2D eigenvalue weighted by Gasteiger charge is 2.07. The summed E-state index contributed by atoms with van der Waals surface area (Å²) in [5.41, 5.74) is 0.681. The van der Waals surface area contributed by atoms with Gasteiger partial charge in [0.1, 0.15) is 5.82 Å². The van der Waals surface area contributed by atoms with Crippen LogP contribution in [0.3, 0.4) is 0 Å². The molecule has 0 atom stereocenters. The van der Waals surface area contributed by atoms with Gasteiger partial charge in [0.25, 0.3) is 5.56 Å². The molecule has 0 bridgehead atoms. The van der Waals surface area contributed by atoms with E-state index < -0.39 is 0 Å². The van der Waals surface area contributed by atoms with E-state index in [1.165, 1.54) is 0 Å². The van der Waals surface area contributed by atoms with Crippen molar-refractivity contribution in [3.05, 3.63) is 50.1 Å². The molecule has 0 spiro atoms. The SMILES string of the molecule is Cc1nc2ccc3c(I)cccc3c2c(=O)[nH]1. The van der Waals surface area contributed by atoms with Gasteiger partial charge in [-0.2, -0.15) is 0 Å². The number of aromatic nitrogens is 2. The third kappa shape index (κ3) is 1.63. The van der Waals surface area contributed by atoms with Gasteiger partial charge < -0.3 is 4.98 Å². The van der Waals surface area contributed by atoms with Crippen LogP contribution in [0.15, 0.2) is 35.1 Å². The van der Waals surface area contributed by atoms with E-state index in [0.717, 1.165) is 19.9 Å². The Labute approximate surface area is 111 Å². The van der Waals surface area contributed by atoms with E-state index >= 15 is 0 Å². The highest BCUT2D eigenvalue weighted by Crippen LogP contribution is 2.25. The first-order chi connectivity index (χ1) is 8.16. The summed E-state index contributed by atoms with van der Waals surface area (Å²) in [6, 6.07) is 9.88. The lowest BCUT2D eigenvalue weighted by Gasteiger charge is -2.04. The number of hydrogen-bond donors (Lipinski definition) is 1. The average molecular weight is 336 g/mol. The quantitative estimate of drug-likeness (QED) is 0.507. The van der Waals surface area contributed by atoms with Crippen LogP contribution in [-0.4, -0.2) is 9.97 Å². The van der Waals surface area contributed by atoms with E-state index in [-0.39, 0.29) is 5.56 Å². The van der Waals surface area contributed by atoms with Crippen molar-refractivity contribution in [2.45, 2.75) is 6.92 Å². The second kappa shape index (κ2) is 3.80. The third-order valence-electron chi connectivity index (χ3n) is 2.80. The van der Waals surface area contributed by atoms with Crippen molar-refractivity contribution < 1.29 is 0 Å². The summed E-state index contributed by atoms with van der Waals surface area (Å²) < 4.78 is 1.14. The maximum atomic E-state index is 12.0. The average Bonchev–Trinajstić information content (AvgIpc) is 2.28. The Morgan fingerprint density at radius 2 is 2.00 bits per heavy atom. The van der Waals surface area contributed by atoms with Crippen molar-refractivity contribution in [3.63, 3.8) is 0 Å². The number of aryl methyl sites for hydroxylation is 1. The van der Waals surface area contributed by atoms with Crippen LogP contribution in [0.2, 0.25) is 0 Å². The van der Waals surface area contributed by atoms with Crippen LogP contribution < -0.4 is 5.56 Å². The molecule has 3 nitrogen and oxygen atoms in total. The predicted molar refractivity (Wildman–Crippen MR) is 77.3 cm³/mol. The molecular weight excluding hydrogens is 327 g/mol. The van der Waals surface area contributed by atoms with E-state index in [1.807, 2.05) is 30.3 Å². The molecule has 0 amide bonds. The van der Waals surface area contributed by atoms with Crippen molar-refractivity contribution in [3.8, 4) is 0 Å². The first-order valence-electron chi connectivity index (χ1n) is 5.25. The Kier molecular flexibility index (Phi) is 2.39. The molecule has 2 aromatic carbocycles. The molecule has 17 heavy (non-hydrogen) atoms. The van der Waals surface area contributed by atoms with Gasteiger partial charge in [-0.1, -0.05) is 18.2 Å². The Bertz CT molecular complexity index is 792. The summed E-state index contributed by atoms with van der Waals surface area (Å²) in [6.45, 7) is 1.79. The number of aromatic amines is 1. The van der Waals surface area contributed by atoms with Gasteiger partial charge in [-0.05, 0) is 52.4 Å². The van der Waals surface area contributed by atoms with Crippen molar-refractivity contribution >= 4 is 44.3 Å². The van der Waals surface area contributed by atoms with Gasteiger partial charge in [0.05, 0.1) is 10.9 Å². The van der Waals surface area contributed by atoms with Crippen LogP contribution in [0.5, 0.6) is 0 Å². The normalized spacial score (nSPS) is 11.2. The molecule has 1 heterocycles. The molecule has 0 aliphatic heterocycles. The second-order valence-electron chi connectivity index (χ2n) is 3.95. The van der Waals surface area contributed by atoms with Crippen molar-refractivity contribution in [1.82, 2.24) is 9.97 Å². The molecule has 3 rings (SSSR count). The van der Waals surface area contributed by atoms with Gasteiger partial charge >= 0.3 is 0 Å². The molecule has 0 aliphatic rings. The van der Waals surface area contributed by atoms with Gasteiger partial charge in [-0.25, -0.2) is 4.98 Å². The maximum absolute atomic E-state index is 12.0. The summed E-state index contributed by atoms with van der Waals surface area (Å²) >= 11 is 2.28.